The highest BCUT2D eigenvalue weighted by Crippen LogP contribution is 2.33. The molecule has 1 aliphatic rings. The summed E-state index contributed by atoms with van der Waals surface area (Å²) in [5.74, 6) is 2.15. The largest absolute Gasteiger partial charge is 0.497 e. The van der Waals surface area contributed by atoms with Crippen LogP contribution in [0.2, 0.25) is 0 Å². The number of amides is 1. The van der Waals surface area contributed by atoms with Crippen LogP contribution in [0.1, 0.15) is 58.6 Å². The molecule has 1 atom stereocenters. The van der Waals surface area contributed by atoms with E-state index in [4.69, 9.17) is 9.15 Å². The van der Waals surface area contributed by atoms with Crippen LogP contribution >= 0.6 is 11.3 Å². The number of oxazole rings is 1. The number of aromatic nitrogens is 3. The molecule has 0 bridgehead atoms. The maximum Gasteiger partial charge on any atom is 0.254 e. The quantitative estimate of drug-likeness (QED) is 0.369. The van der Waals surface area contributed by atoms with E-state index in [0.29, 0.717) is 24.4 Å². The van der Waals surface area contributed by atoms with Crippen molar-refractivity contribution in [2.45, 2.75) is 38.6 Å². The fourth-order valence-corrected chi connectivity index (χ4v) is 5.15. The molecular weight excluding hydrogens is 448 g/mol. The van der Waals surface area contributed by atoms with Crippen molar-refractivity contribution in [1.29, 1.82) is 0 Å². The third-order valence-corrected chi connectivity index (χ3v) is 7.07. The van der Waals surface area contributed by atoms with Gasteiger partial charge in [-0.3, -0.25) is 9.78 Å². The summed E-state index contributed by atoms with van der Waals surface area (Å²) in [5, 5.41) is 0. The average molecular weight is 475 g/mol. The summed E-state index contributed by atoms with van der Waals surface area (Å²) in [6, 6.07) is 11.4. The number of hydrogen-bond acceptors (Lipinski definition) is 7. The van der Waals surface area contributed by atoms with Gasteiger partial charge in [-0.15, -0.1) is 11.3 Å². The lowest BCUT2D eigenvalue weighted by molar-refractivity contribution is 0.0570. The van der Waals surface area contributed by atoms with Crippen LogP contribution in [-0.4, -0.2) is 39.4 Å². The number of aryl methyl sites for hydroxylation is 1. The number of carbonyl (C=O) groups excluding carboxylic acids is 1. The van der Waals surface area contributed by atoms with Crippen molar-refractivity contribution >= 4 is 17.2 Å². The van der Waals surface area contributed by atoms with E-state index >= 15 is 0 Å². The molecule has 34 heavy (non-hydrogen) atoms. The second kappa shape index (κ2) is 9.77. The smallest absolute Gasteiger partial charge is 0.254 e. The zero-order valence-corrected chi connectivity index (χ0v) is 20.0. The van der Waals surface area contributed by atoms with Gasteiger partial charge in [0, 0.05) is 24.7 Å². The summed E-state index contributed by atoms with van der Waals surface area (Å²) in [4.78, 5) is 29.8. The lowest BCUT2D eigenvalue weighted by Gasteiger charge is -2.33. The minimum atomic E-state index is -0.179. The second-order valence-corrected chi connectivity index (χ2v) is 9.25. The molecule has 0 aliphatic carbocycles. The summed E-state index contributed by atoms with van der Waals surface area (Å²) in [5.41, 5.74) is 5.19. The molecule has 3 aromatic heterocycles. The fourth-order valence-electron chi connectivity index (χ4n) is 4.37. The first-order valence-corrected chi connectivity index (χ1v) is 12.3. The number of piperidine rings is 1. The topological polar surface area (TPSA) is 81.4 Å². The first-order valence-electron chi connectivity index (χ1n) is 11.4. The van der Waals surface area contributed by atoms with Gasteiger partial charge < -0.3 is 14.1 Å². The Labute approximate surface area is 202 Å². The summed E-state index contributed by atoms with van der Waals surface area (Å²) < 4.78 is 11.5. The number of carbonyl (C=O) groups is 1. The van der Waals surface area contributed by atoms with Crippen LogP contribution in [-0.2, 0) is 6.42 Å². The second-order valence-electron chi connectivity index (χ2n) is 8.40. The number of nitrogens with zero attached hydrogens (tertiary/aromatic N) is 4. The number of pyridine rings is 1. The summed E-state index contributed by atoms with van der Waals surface area (Å²) in [7, 11) is 1.66. The number of likely N-dealkylation sites (tertiary alicyclic amines) is 1. The lowest BCUT2D eigenvalue weighted by Crippen LogP contribution is -2.38. The Morgan fingerprint density at radius 1 is 1.21 bits per heavy atom. The van der Waals surface area contributed by atoms with Gasteiger partial charge >= 0.3 is 0 Å². The normalized spacial score (nSPS) is 15.9. The molecule has 1 saturated heterocycles. The molecule has 1 aromatic carbocycles. The number of methoxy groups -OCH3 is 1. The first-order chi connectivity index (χ1) is 16.6. The van der Waals surface area contributed by atoms with Gasteiger partial charge in [0.05, 0.1) is 35.1 Å². The molecule has 0 radical (unpaired) electrons. The van der Waals surface area contributed by atoms with Crippen LogP contribution in [0.4, 0.5) is 0 Å². The zero-order valence-electron chi connectivity index (χ0n) is 19.2. The van der Waals surface area contributed by atoms with Crippen molar-refractivity contribution in [3.63, 3.8) is 0 Å². The van der Waals surface area contributed by atoms with Crippen molar-refractivity contribution < 1.29 is 13.9 Å². The number of hydrogen-bond donors (Lipinski definition) is 0. The molecule has 1 amide bonds. The van der Waals surface area contributed by atoms with Crippen LogP contribution in [0.25, 0.3) is 10.6 Å². The van der Waals surface area contributed by atoms with Gasteiger partial charge in [-0.1, -0.05) is 12.1 Å². The summed E-state index contributed by atoms with van der Waals surface area (Å²) >= 11 is 1.53. The van der Waals surface area contributed by atoms with E-state index in [-0.39, 0.29) is 11.9 Å². The van der Waals surface area contributed by atoms with Crippen molar-refractivity contribution in [3.05, 3.63) is 82.8 Å². The fraction of sp³-hybridized carbons (Fsp3) is 0.308. The summed E-state index contributed by atoms with van der Waals surface area (Å²) in [6.45, 7) is 2.63. The Morgan fingerprint density at radius 2 is 2.12 bits per heavy atom. The van der Waals surface area contributed by atoms with Gasteiger partial charge in [0.15, 0.2) is 0 Å². The molecule has 4 heterocycles. The van der Waals surface area contributed by atoms with Crippen LogP contribution < -0.4 is 4.74 Å². The average Bonchev–Trinajstić information content (AvgIpc) is 3.52. The van der Waals surface area contributed by atoms with Gasteiger partial charge in [0.2, 0.25) is 5.89 Å². The van der Waals surface area contributed by atoms with Crippen molar-refractivity contribution in [2.75, 3.05) is 13.7 Å². The molecule has 7 nitrogen and oxygen atoms in total. The molecule has 0 saturated carbocycles. The van der Waals surface area contributed by atoms with E-state index in [1.54, 1.807) is 31.1 Å². The van der Waals surface area contributed by atoms with Crippen LogP contribution in [0, 0.1) is 6.92 Å². The van der Waals surface area contributed by atoms with E-state index in [1.807, 2.05) is 42.2 Å². The SMILES string of the molecule is COc1cccc(Cc2cnc([C@@H]3CCCCN3C(=O)c3ccnc(-c4scnc4C)c3)o2)c1. The molecule has 0 spiro atoms. The van der Waals surface area contributed by atoms with Gasteiger partial charge in [0.25, 0.3) is 5.91 Å². The zero-order chi connectivity index (χ0) is 23.5. The van der Waals surface area contributed by atoms with Crippen LogP contribution in [0.15, 0.2) is 58.7 Å². The highest BCUT2D eigenvalue weighted by molar-refractivity contribution is 7.13. The third-order valence-electron chi connectivity index (χ3n) is 6.12. The minimum Gasteiger partial charge on any atom is -0.497 e. The van der Waals surface area contributed by atoms with E-state index in [2.05, 4.69) is 15.0 Å². The van der Waals surface area contributed by atoms with Gasteiger partial charge in [-0.25, -0.2) is 9.97 Å². The molecule has 4 aromatic rings. The lowest BCUT2D eigenvalue weighted by atomic mass is 10.0. The number of ether oxygens (including phenoxy) is 1. The maximum absolute atomic E-state index is 13.6. The predicted octanol–water partition coefficient (Wildman–Crippen LogP) is 5.47. The molecule has 174 valence electrons. The highest BCUT2D eigenvalue weighted by Gasteiger charge is 2.32. The van der Waals surface area contributed by atoms with Gasteiger partial charge in [-0.2, -0.15) is 0 Å². The van der Waals surface area contributed by atoms with Crippen molar-refractivity contribution in [1.82, 2.24) is 19.9 Å². The number of thiazole rings is 1. The number of benzene rings is 1. The Morgan fingerprint density at radius 3 is 2.94 bits per heavy atom. The Bertz CT molecular complexity index is 1300. The molecule has 0 unspecified atom stereocenters. The van der Waals surface area contributed by atoms with E-state index < -0.39 is 0 Å². The Balaban J connectivity index is 1.37. The molecule has 5 rings (SSSR count). The van der Waals surface area contributed by atoms with Crippen molar-refractivity contribution in [3.8, 4) is 16.3 Å². The van der Waals surface area contributed by atoms with Crippen LogP contribution in [0.5, 0.6) is 5.75 Å². The maximum atomic E-state index is 13.6. The molecular formula is C26H26N4O3S. The van der Waals surface area contributed by atoms with E-state index in [9.17, 15) is 4.79 Å². The molecule has 1 aliphatic heterocycles. The standard InChI is InChI=1S/C26H26N4O3S/c1-17-24(34-16-29-17)22-14-19(9-10-27-22)26(31)30-11-4-3-8-23(30)25-28-15-21(33-25)13-18-6-5-7-20(12-18)32-2/h5-7,9-10,12,14-16,23H,3-4,8,11,13H2,1-2H3/t23-/m0/s1. The minimum absolute atomic E-state index is 0.0249. The third kappa shape index (κ3) is 4.59. The van der Waals surface area contributed by atoms with Crippen LogP contribution in [0.3, 0.4) is 0 Å². The highest BCUT2D eigenvalue weighted by atomic mass is 32.1. The Kier molecular flexibility index (Phi) is 6.40. The number of rotatable bonds is 6. The van der Waals surface area contributed by atoms with Gasteiger partial charge in [0.1, 0.15) is 17.6 Å². The monoisotopic (exact) mass is 474 g/mol. The molecule has 1 fully saturated rings. The molecule has 0 N–H and O–H groups in total. The van der Waals surface area contributed by atoms with Crippen molar-refractivity contribution in [2.24, 2.45) is 0 Å². The van der Waals surface area contributed by atoms with Gasteiger partial charge in [-0.05, 0) is 56.0 Å². The van der Waals surface area contributed by atoms with E-state index in [1.165, 1.54) is 11.3 Å². The first kappa shape index (κ1) is 22.3. The molecule has 8 heteroatoms. The van der Waals surface area contributed by atoms with E-state index in [0.717, 1.165) is 52.6 Å². The Hall–Kier alpha value is -3.52. The summed E-state index contributed by atoms with van der Waals surface area (Å²) in [6.07, 6.45) is 6.90. The predicted molar refractivity (Wildman–Crippen MR) is 130 cm³/mol.